The number of benzene rings is 1. The molecule has 0 bridgehead atoms. The number of ether oxygens (including phenoxy) is 1. The maximum Gasteiger partial charge on any atom is 0.140 e. The zero-order chi connectivity index (χ0) is 9.68. The molecule has 0 aromatic heterocycles. The molecule has 1 aromatic rings. The maximum atomic E-state index is 8.88. The van der Waals surface area contributed by atoms with Gasteiger partial charge in [0.1, 0.15) is 11.9 Å². The Kier molecular flexibility index (Phi) is 3.53. The molecule has 0 heterocycles. The van der Waals surface area contributed by atoms with Gasteiger partial charge in [-0.1, -0.05) is 24.8 Å². The molecule has 0 spiro atoms. The van der Waals surface area contributed by atoms with E-state index in [1.165, 1.54) is 0 Å². The van der Waals surface area contributed by atoms with E-state index in [9.17, 15) is 0 Å². The molecule has 0 radical (unpaired) electrons. The second-order valence-corrected chi connectivity index (χ2v) is 2.84. The Morgan fingerprint density at radius 2 is 2.23 bits per heavy atom. The van der Waals surface area contributed by atoms with Crippen LogP contribution in [0.2, 0.25) is 0 Å². The average molecular weight is 178 g/mol. The number of hydrogen-bond donors (Lipinski definition) is 1. The Balaban J connectivity index is 2.73. The van der Waals surface area contributed by atoms with Gasteiger partial charge in [-0.15, -0.1) is 0 Å². The van der Waals surface area contributed by atoms with Crippen molar-refractivity contribution in [2.24, 2.45) is 0 Å². The van der Waals surface area contributed by atoms with Crippen LogP contribution >= 0.6 is 0 Å². The minimum absolute atomic E-state index is 0.0438. The molecule has 1 aromatic carbocycles. The van der Waals surface area contributed by atoms with Gasteiger partial charge in [0, 0.05) is 0 Å². The zero-order valence-corrected chi connectivity index (χ0v) is 7.73. The molecule has 70 valence electrons. The first-order valence-electron chi connectivity index (χ1n) is 4.23. The van der Waals surface area contributed by atoms with Crippen molar-refractivity contribution in [3.8, 4) is 5.75 Å². The van der Waals surface area contributed by atoms with E-state index in [-0.39, 0.29) is 12.7 Å². The van der Waals surface area contributed by atoms with Gasteiger partial charge in [0.25, 0.3) is 0 Å². The van der Waals surface area contributed by atoms with E-state index in [0.29, 0.717) is 0 Å². The highest BCUT2D eigenvalue weighted by molar-refractivity contribution is 5.32. The fraction of sp³-hybridized carbons (Fsp3) is 0.273. The molecular formula is C11H14O2. The van der Waals surface area contributed by atoms with E-state index in [1.807, 2.05) is 31.2 Å². The highest BCUT2D eigenvalue weighted by atomic mass is 16.5. The van der Waals surface area contributed by atoms with E-state index in [0.717, 1.165) is 11.3 Å². The lowest BCUT2D eigenvalue weighted by Gasteiger charge is -2.14. The highest BCUT2D eigenvalue weighted by Gasteiger charge is 2.04. The molecule has 2 nitrogen and oxygen atoms in total. The van der Waals surface area contributed by atoms with Crippen LogP contribution in [0, 0.1) is 6.92 Å². The molecule has 0 fully saturated rings. The van der Waals surface area contributed by atoms with E-state index in [2.05, 4.69) is 6.58 Å². The van der Waals surface area contributed by atoms with Gasteiger partial charge < -0.3 is 9.84 Å². The van der Waals surface area contributed by atoms with Gasteiger partial charge in [0.15, 0.2) is 0 Å². The van der Waals surface area contributed by atoms with Crippen molar-refractivity contribution in [2.75, 3.05) is 6.61 Å². The molecule has 0 aliphatic rings. The molecule has 13 heavy (non-hydrogen) atoms. The van der Waals surface area contributed by atoms with Gasteiger partial charge in [-0.2, -0.15) is 0 Å². The molecule has 1 rings (SSSR count). The van der Waals surface area contributed by atoms with Crippen LogP contribution in [0.3, 0.4) is 0 Å². The number of aliphatic hydroxyl groups excluding tert-OH is 1. The van der Waals surface area contributed by atoms with E-state index < -0.39 is 0 Å². The first-order valence-corrected chi connectivity index (χ1v) is 4.23. The van der Waals surface area contributed by atoms with Crippen LogP contribution in [-0.2, 0) is 0 Å². The number of rotatable bonds is 4. The van der Waals surface area contributed by atoms with Crippen molar-refractivity contribution in [1.29, 1.82) is 0 Å². The van der Waals surface area contributed by atoms with Crippen LogP contribution in [0.1, 0.15) is 5.56 Å². The first-order chi connectivity index (χ1) is 6.27. The second-order valence-electron chi connectivity index (χ2n) is 2.84. The van der Waals surface area contributed by atoms with E-state index in [4.69, 9.17) is 9.84 Å². The van der Waals surface area contributed by atoms with Gasteiger partial charge in [-0.25, -0.2) is 0 Å². The summed E-state index contributed by atoms with van der Waals surface area (Å²) in [6.45, 7) is 5.49. The summed E-state index contributed by atoms with van der Waals surface area (Å²) in [7, 11) is 0. The monoisotopic (exact) mass is 178 g/mol. The lowest BCUT2D eigenvalue weighted by molar-refractivity contribution is 0.149. The Labute approximate surface area is 78.5 Å². The molecule has 1 unspecified atom stereocenters. The molecule has 0 amide bonds. The van der Waals surface area contributed by atoms with Crippen LogP contribution in [0.4, 0.5) is 0 Å². The van der Waals surface area contributed by atoms with Gasteiger partial charge in [0.05, 0.1) is 6.61 Å². The number of hydrogen-bond acceptors (Lipinski definition) is 2. The van der Waals surface area contributed by atoms with Crippen molar-refractivity contribution in [2.45, 2.75) is 13.0 Å². The Hall–Kier alpha value is -1.28. The molecule has 1 N–H and O–H groups in total. The quantitative estimate of drug-likeness (QED) is 0.714. The third kappa shape index (κ3) is 2.60. The summed E-state index contributed by atoms with van der Waals surface area (Å²) in [5, 5.41) is 8.88. The number of aliphatic hydroxyl groups is 1. The lowest BCUT2D eigenvalue weighted by Crippen LogP contribution is -2.18. The fourth-order valence-corrected chi connectivity index (χ4v) is 1.01. The standard InChI is InChI=1S/C11H14O2/c1-3-10(8-12)13-11-7-5-4-6-9(11)2/h3-7,10,12H,1,8H2,2H3. The third-order valence-corrected chi connectivity index (χ3v) is 1.81. The van der Waals surface area contributed by atoms with Crippen LogP contribution < -0.4 is 4.74 Å². The van der Waals surface area contributed by atoms with Crippen LogP contribution in [-0.4, -0.2) is 17.8 Å². The molecule has 0 saturated heterocycles. The predicted octanol–water partition coefficient (Wildman–Crippen LogP) is 1.92. The molecule has 0 aliphatic carbocycles. The van der Waals surface area contributed by atoms with Gasteiger partial charge >= 0.3 is 0 Å². The summed E-state index contributed by atoms with van der Waals surface area (Å²) >= 11 is 0. The summed E-state index contributed by atoms with van der Waals surface area (Å²) < 4.78 is 5.48. The summed E-state index contributed by atoms with van der Waals surface area (Å²) in [4.78, 5) is 0. The van der Waals surface area contributed by atoms with Crippen molar-refractivity contribution in [3.63, 3.8) is 0 Å². The topological polar surface area (TPSA) is 29.5 Å². The van der Waals surface area contributed by atoms with Crippen molar-refractivity contribution in [1.82, 2.24) is 0 Å². The summed E-state index contributed by atoms with van der Waals surface area (Å²) in [5.41, 5.74) is 1.06. The van der Waals surface area contributed by atoms with Crippen molar-refractivity contribution >= 4 is 0 Å². The molecular weight excluding hydrogens is 164 g/mol. The van der Waals surface area contributed by atoms with Gasteiger partial charge in [-0.3, -0.25) is 0 Å². The molecule has 2 heteroatoms. The largest absolute Gasteiger partial charge is 0.484 e. The maximum absolute atomic E-state index is 8.88. The molecule has 0 saturated carbocycles. The predicted molar refractivity (Wildman–Crippen MR) is 52.9 cm³/mol. The van der Waals surface area contributed by atoms with Crippen LogP contribution in [0.15, 0.2) is 36.9 Å². The first kappa shape index (κ1) is 9.81. The Bertz CT molecular complexity index is 281. The Morgan fingerprint density at radius 1 is 1.54 bits per heavy atom. The van der Waals surface area contributed by atoms with E-state index in [1.54, 1.807) is 6.08 Å². The molecule has 1 atom stereocenters. The average Bonchev–Trinajstić information content (AvgIpc) is 2.17. The van der Waals surface area contributed by atoms with E-state index >= 15 is 0 Å². The zero-order valence-electron chi connectivity index (χ0n) is 7.73. The highest BCUT2D eigenvalue weighted by Crippen LogP contribution is 2.17. The number of para-hydroxylation sites is 1. The fourth-order valence-electron chi connectivity index (χ4n) is 1.01. The molecule has 0 aliphatic heterocycles. The number of aryl methyl sites for hydroxylation is 1. The van der Waals surface area contributed by atoms with Crippen molar-refractivity contribution in [3.05, 3.63) is 42.5 Å². The van der Waals surface area contributed by atoms with Crippen molar-refractivity contribution < 1.29 is 9.84 Å². The Morgan fingerprint density at radius 3 is 2.77 bits per heavy atom. The smallest absolute Gasteiger partial charge is 0.140 e. The summed E-state index contributed by atoms with van der Waals surface area (Å²) in [6.07, 6.45) is 1.27. The van der Waals surface area contributed by atoms with Crippen LogP contribution in [0.25, 0.3) is 0 Å². The summed E-state index contributed by atoms with van der Waals surface area (Å²) in [6, 6.07) is 7.69. The lowest BCUT2D eigenvalue weighted by atomic mass is 10.2. The summed E-state index contributed by atoms with van der Waals surface area (Å²) in [5.74, 6) is 0.793. The third-order valence-electron chi connectivity index (χ3n) is 1.81. The van der Waals surface area contributed by atoms with Crippen LogP contribution in [0.5, 0.6) is 5.75 Å². The SMILES string of the molecule is C=CC(CO)Oc1ccccc1C. The minimum atomic E-state index is -0.318. The normalized spacial score (nSPS) is 12.2. The minimum Gasteiger partial charge on any atom is -0.484 e. The second kappa shape index (κ2) is 4.67. The van der Waals surface area contributed by atoms with Gasteiger partial charge in [0.2, 0.25) is 0 Å². The van der Waals surface area contributed by atoms with Gasteiger partial charge in [-0.05, 0) is 24.6 Å².